The number of sulfonamides is 1. The van der Waals surface area contributed by atoms with Gasteiger partial charge in [0, 0.05) is 19.2 Å². The molecule has 186 valence electrons. The number of rotatable bonds is 12. The summed E-state index contributed by atoms with van der Waals surface area (Å²) in [5, 5.41) is 2.77. The topological polar surface area (TPSA) is 105 Å². The normalized spacial score (nSPS) is 11.9. The van der Waals surface area contributed by atoms with Crippen LogP contribution in [0.4, 0.5) is 5.69 Å². The second kappa shape index (κ2) is 12.3. The molecular formula is C24H33N3O6S. The number of hydrogen-bond acceptors (Lipinski definition) is 6. The number of benzene rings is 2. The van der Waals surface area contributed by atoms with Crippen LogP contribution in [0.1, 0.15) is 25.8 Å². The molecule has 0 heterocycles. The maximum absolute atomic E-state index is 13.5. The molecule has 2 amide bonds. The summed E-state index contributed by atoms with van der Waals surface area (Å²) in [4.78, 5) is 27.7. The minimum atomic E-state index is -3.80. The molecule has 2 aromatic carbocycles. The van der Waals surface area contributed by atoms with Crippen molar-refractivity contribution in [2.45, 2.75) is 32.9 Å². The first-order valence-corrected chi connectivity index (χ1v) is 12.8. The van der Waals surface area contributed by atoms with Crippen LogP contribution in [-0.2, 0) is 26.2 Å². The van der Waals surface area contributed by atoms with E-state index in [0.717, 1.165) is 16.1 Å². The van der Waals surface area contributed by atoms with Gasteiger partial charge in [0.2, 0.25) is 21.8 Å². The summed E-state index contributed by atoms with van der Waals surface area (Å²) in [6, 6.07) is 12.9. The summed E-state index contributed by atoms with van der Waals surface area (Å²) < 4.78 is 36.6. The van der Waals surface area contributed by atoms with E-state index in [0.29, 0.717) is 30.2 Å². The first-order valence-electron chi connectivity index (χ1n) is 11.0. The predicted octanol–water partition coefficient (Wildman–Crippen LogP) is 2.41. The minimum absolute atomic E-state index is 0.133. The highest BCUT2D eigenvalue weighted by Gasteiger charge is 2.31. The van der Waals surface area contributed by atoms with Crippen molar-refractivity contribution in [3.8, 4) is 11.5 Å². The maximum Gasteiger partial charge on any atom is 0.244 e. The Morgan fingerprint density at radius 3 is 2.18 bits per heavy atom. The number of carbonyl (C=O) groups excluding carboxylic acids is 2. The zero-order valence-electron chi connectivity index (χ0n) is 20.3. The minimum Gasteiger partial charge on any atom is -0.497 e. The molecule has 1 atom stereocenters. The number of nitrogens with zero attached hydrogens (tertiary/aromatic N) is 2. The molecular weight excluding hydrogens is 458 g/mol. The number of anilines is 1. The first-order chi connectivity index (χ1) is 16.1. The van der Waals surface area contributed by atoms with Crippen LogP contribution < -0.4 is 19.1 Å². The lowest BCUT2D eigenvalue weighted by Gasteiger charge is -2.32. The summed E-state index contributed by atoms with van der Waals surface area (Å²) in [7, 11) is -0.766. The molecule has 1 N–H and O–H groups in total. The molecule has 0 saturated carbocycles. The highest BCUT2D eigenvalue weighted by atomic mass is 32.2. The van der Waals surface area contributed by atoms with Crippen molar-refractivity contribution in [2.75, 3.05) is 37.9 Å². The molecule has 2 rings (SSSR count). The van der Waals surface area contributed by atoms with Crippen LogP contribution in [-0.4, -0.2) is 64.7 Å². The van der Waals surface area contributed by atoms with Crippen molar-refractivity contribution in [3.63, 3.8) is 0 Å². The Hall–Kier alpha value is -3.27. The molecule has 0 saturated heterocycles. The third-order valence-corrected chi connectivity index (χ3v) is 6.41. The fraction of sp³-hybridized carbons (Fsp3) is 0.417. The SMILES string of the molecule is CCNC(=O)[C@@H](CC)N(Cc1ccc(OC)cc1)C(=O)CN(c1cccc(OC)c1)S(C)(=O)=O. The van der Waals surface area contributed by atoms with Crippen molar-refractivity contribution >= 4 is 27.5 Å². The van der Waals surface area contributed by atoms with Gasteiger partial charge < -0.3 is 19.7 Å². The average Bonchev–Trinajstić information content (AvgIpc) is 2.82. The lowest BCUT2D eigenvalue weighted by molar-refractivity contribution is -0.140. The first kappa shape index (κ1) is 27.0. The van der Waals surface area contributed by atoms with Gasteiger partial charge >= 0.3 is 0 Å². The number of carbonyl (C=O) groups is 2. The molecule has 0 unspecified atom stereocenters. The van der Waals surface area contributed by atoms with Crippen LogP contribution in [0.2, 0.25) is 0 Å². The van der Waals surface area contributed by atoms with Crippen LogP contribution in [0.25, 0.3) is 0 Å². The molecule has 0 aliphatic carbocycles. The van der Waals surface area contributed by atoms with E-state index in [1.165, 1.54) is 12.0 Å². The van der Waals surface area contributed by atoms with Gasteiger partial charge in [-0.2, -0.15) is 0 Å². The molecule has 0 aliphatic heterocycles. The Morgan fingerprint density at radius 1 is 1.00 bits per heavy atom. The molecule has 0 aliphatic rings. The van der Waals surface area contributed by atoms with Crippen molar-refractivity contribution in [1.82, 2.24) is 10.2 Å². The summed E-state index contributed by atoms with van der Waals surface area (Å²) in [5.41, 5.74) is 1.08. The fourth-order valence-corrected chi connectivity index (χ4v) is 4.36. The van der Waals surface area contributed by atoms with E-state index in [9.17, 15) is 18.0 Å². The second-order valence-electron chi connectivity index (χ2n) is 7.66. The van der Waals surface area contributed by atoms with Crippen molar-refractivity contribution in [2.24, 2.45) is 0 Å². The Kier molecular flexibility index (Phi) is 9.73. The second-order valence-corrected chi connectivity index (χ2v) is 9.57. The van der Waals surface area contributed by atoms with E-state index < -0.39 is 28.5 Å². The van der Waals surface area contributed by atoms with Gasteiger partial charge in [-0.05, 0) is 43.2 Å². The molecule has 0 spiro atoms. The van der Waals surface area contributed by atoms with Gasteiger partial charge in [-0.15, -0.1) is 0 Å². The fourth-order valence-electron chi connectivity index (χ4n) is 3.52. The van der Waals surface area contributed by atoms with Crippen molar-refractivity contribution in [3.05, 3.63) is 54.1 Å². The van der Waals surface area contributed by atoms with Crippen LogP contribution in [0.5, 0.6) is 11.5 Å². The summed E-state index contributed by atoms with van der Waals surface area (Å²) >= 11 is 0. The molecule has 0 fully saturated rings. The van der Waals surface area contributed by atoms with E-state index >= 15 is 0 Å². The lowest BCUT2D eigenvalue weighted by atomic mass is 10.1. The van der Waals surface area contributed by atoms with Gasteiger partial charge in [0.1, 0.15) is 24.1 Å². The van der Waals surface area contributed by atoms with E-state index in [1.54, 1.807) is 62.6 Å². The Labute approximate surface area is 201 Å². The molecule has 10 heteroatoms. The molecule has 9 nitrogen and oxygen atoms in total. The Balaban J connectivity index is 2.43. The number of nitrogens with one attached hydrogen (secondary N) is 1. The summed E-state index contributed by atoms with van der Waals surface area (Å²) in [6.45, 7) is 3.70. The van der Waals surface area contributed by atoms with E-state index in [-0.39, 0.29) is 12.5 Å². The highest BCUT2D eigenvalue weighted by molar-refractivity contribution is 7.92. The standard InChI is InChI=1S/C24H33N3O6S/c1-6-22(24(29)25-7-2)26(16-18-11-13-20(32-3)14-12-18)23(28)17-27(34(5,30)31)19-9-8-10-21(15-19)33-4/h8-15,22H,6-7,16-17H2,1-5H3,(H,25,29)/t22-/m1/s1. The molecule has 0 aromatic heterocycles. The highest BCUT2D eigenvalue weighted by Crippen LogP contribution is 2.24. The smallest absolute Gasteiger partial charge is 0.244 e. The number of hydrogen-bond donors (Lipinski definition) is 1. The number of likely N-dealkylation sites (N-methyl/N-ethyl adjacent to an activating group) is 1. The number of ether oxygens (including phenoxy) is 2. The van der Waals surface area contributed by atoms with Crippen LogP contribution in [0.15, 0.2) is 48.5 Å². The van der Waals surface area contributed by atoms with Gasteiger partial charge in [-0.3, -0.25) is 13.9 Å². The van der Waals surface area contributed by atoms with Crippen LogP contribution in [0.3, 0.4) is 0 Å². The van der Waals surface area contributed by atoms with Gasteiger partial charge in [0.15, 0.2) is 0 Å². The van der Waals surface area contributed by atoms with Crippen LogP contribution >= 0.6 is 0 Å². The van der Waals surface area contributed by atoms with E-state index in [2.05, 4.69) is 5.32 Å². The molecule has 0 bridgehead atoms. The number of methoxy groups -OCH3 is 2. The van der Waals surface area contributed by atoms with E-state index in [4.69, 9.17) is 9.47 Å². The largest absolute Gasteiger partial charge is 0.497 e. The third-order valence-electron chi connectivity index (χ3n) is 5.27. The number of amides is 2. The van der Waals surface area contributed by atoms with E-state index in [1.807, 2.05) is 6.92 Å². The van der Waals surface area contributed by atoms with Crippen LogP contribution in [0, 0.1) is 0 Å². The predicted molar refractivity (Wildman–Crippen MR) is 131 cm³/mol. The quantitative estimate of drug-likeness (QED) is 0.489. The van der Waals surface area contributed by atoms with Gasteiger partial charge in [0.05, 0.1) is 26.2 Å². The third kappa shape index (κ3) is 7.11. The Bertz CT molecular complexity index is 1070. The summed E-state index contributed by atoms with van der Waals surface area (Å²) in [5.74, 6) is 0.336. The van der Waals surface area contributed by atoms with Gasteiger partial charge in [0.25, 0.3) is 0 Å². The summed E-state index contributed by atoms with van der Waals surface area (Å²) in [6.07, 6.45) is 1.40. The zero-order chi connectivity index (χ0) is 25.3. The zero-order valence-corrected chi connectivity index (χ0v) is 21.1. The van der Waals surface area contributed by atoms with Gasteiger partial charge in [-0.1, -0.05) is 25.1 Å². The molecule has 2 aromatic rings. The molecule has 34 heavy (non-hydrogen) atoms. The van der Waals surface area contributed by atoms with Gasteiger partial charge in [-0.25, -0.2) is 8.42 Å². The Morgan fingerprint density at radius 2 is 1.65 bits per heavy atom. The van der Waals surface area contributed by atoms with Crippen molar-refractivity contribution in [1.29, 1.82) is 0 Å². The lowest BCUT2D eigenvalue weighted by Crippen LogP contribution is -2.52. The maximum atomic E-state index is 13.5. The molecule has 0 radical (unpaired) electrons. The monoisotopic (exact) mass is 491 g/mol. The van der Waals surface area contributed by atoms with Crippen molar-refractivity contribution < 1.29 is 27.5 Å². The average molecular weight is 492 g/mol.